The third-order valence-electron chi connectivity index (χ3n) is 5.54. The van der Waals surface area contributed by atoms with Gasteiger partial charge in [0, 0.05) is 18.0 Å². The van der Waals surface area contributed by atoms with E-state index in [0.717, 1.165) is 12.8 Å². The van der Waals surface area contributed by atoms with Crippen molar-refractivity contribution >= 4 is 5.91 Å². The van der Waals surface area contributed by atoms with Gasteiger partial charge in [-0.15, -0.1) is 0 Å². The Hall–Kier alpha value is -1.13. The van der Waals surface area contributed by atoms with E-state index < -0.39 is 0 Å². The van der Waals surface area contributed by atoms with E-state index in [1.165, 1.54) is 32.1 Å². The van der Waals surface area contributed by atoms with Crippen molar-refractivity contribution in [3.63, 3.8) is 0 Å². The van der Waals surface area contributed by atoms with Crippen molar-refractivity contribution in [1.82, 2.24) is 16.2 Å². The summed E-state index contributed by atoms with van der Waals surface area (Å²) in [7, 11) is 0. The first-order valence-corrected chi connectivity index (χ1v) is 8.90. The highest BCUT2D eigenvalue weighted by molar-refractivity contribution is 5.82. The van der Waals surface area contributed by atoms with Crippen LogP contribution in [0.4, 0.5) is 0 Å². The molecule has 122 valence electrons. The lowest BCUT2D eigenvalue weighted by Gasteiger charge is -2.30. The topological polar surface area (TPSA) is 53.2 Å². The zero-order valence-corrected chi connectivity index (χ0v) is 13.6. The van der Waals surface area contributed by atoms with Gasteiger partial charge in [0.15, 0.2) is 0 Å². The van der Waals surface area contributed by atoms with Gasteiger partial charge in [-0.3, -0.25) is 4.79 Å². The molecule has 1 heterocycles. The minimum Gasteiger partial charge on any atom is -0.352 e. The fraction of sp³-hybridized carbons (Fsp3) is 0.722. The number of carbonyl (C=O) groups is 1. The SMILES string of the molecule is C[C@H](NC(=O)C1NNC2/C=C\C=C/CCC21)C1CCCCC1. The van der Waals surface area contributed by atoms with Crippen LogP contribution in [0.3, 0.4) is 0 Å². The monoisotopic (exact) mass is 303 g/mol. The smallest absolute Gasteiger partial charge is 0.239 e. The van der Waals surface area contributed by atoms with Gasteiger partial charge in [-0.1, -0.05) is 43.6 Å². The van der Waals surface area contributed by atoms with Crippen LogP contribution in [0.1, 0.15) is 51.9 Å². The first-order valence-electron chi connectivity index (χ1n) is 8.90. The van der Waals surface area contributed by atoms with Gasteiger partial charge < -0.3 is 5.32 Å². The van der Waals surface area contributed by atoms with E-state index in [0.29, 0.717) is 11.8 Å². The molecule has 0 aromatic heterocycles. The number of fused-ring (bicyclic) bond motifs is 1. The lowest BCUT2D eigenvalue weighted by molar-refractivity contribution is -0.124. The Kier molecular flexibility index (Phi) is 5.32. The molecule has 1 amide bonds. The Morgan fingerprint density at radius 1 is 1.14 bits per heavy atom. The fourth-order valence-corrected chi connectivity index (χ4v) is 4.12. The van der Waals surface area contributed by atoms with Crippen molar-refractivity contribution in [2.75, 3.05) is 0 Å². The maximum absolute atomic E-state index is 12.7. The Labute approximate surface area is 133 Å². The standard InChI is InChI=1S/C18H29N3O/c1-13(14-9-5-4-6-10-14)19-18(22)17-15-11-7-2-3-8-12-16(15)20-21-17/h2-3,8,12-17,20-21H,4-7,9-11H2,1H3,(H,19,22)/b3-2-,12-8-/t13-,15?,16?,17?/m0/s1. The van der Waals surface area contributed by atoms with E-state index in [-0.39, 0.29) is 24.0 Å². The summed E-state index contributed by atoms with van der Waals surface area (Å²) in [5.74, 6) is 1.15. The molecule has 1 saturated heterocycles. The molecule has 4 nitrogen and oxygen atoms in total. The van der Waals surface area contributed by atoms with Gasteiger partial charge >= 0.3 is 0 Å². The van der Waals surface area contributed by atoms with Crippen molar-refractivity contribution in [3.8, 4) is 0 Å². The van der Waals surface area contributed by atoms with E-state index in [9.17, 15) is 4.79 Å². The molecule has 0 aromatic rings. The third kappa shape index (κ3) is 3.61. The number of hydrogen-bond acceptors (Lipinski definition) is 3. The van der Waals surface area contributed by atoms with Crippen molar-refractivity contribution < 1.29 is 4.79 Å². The minimum atomic E-state index is -0.118. The van der Waals surface area contributed by atoms with Crippen LogP contribution in [0.15, 0.2) is 24.3 Å². The number of rotatable bonds is 3. The molecule has 4 heteroatoms. The summed E-state index contributed by atoms with van der Waals surface area (Å²) in [4.78, 5) is 12.7. The summed E-state index contributed by atoms with van der Waals surface area (Å²) < 4.78 is 0. The van der Waals surface area contributed by atoms with Crippen LogP contribution in [-0.2, 0) is 4.79 Å². The molecule has 3 rings (SSSR count). The molecule has 4 atom stereocenters. The zero-order valence-electron chi connectivity index (χ0n) is 13.6. The molecular weight excluding hydrogens is 274 g/mol. The fourth-order valence-electron chi connectivity index (χ4n) is 4.12. The summed E-state index contributed by atoms with van der Waals surface area (Å²) in [5, 5.41) is 3.28. The summed E-state index contributed by atoms with van der Waals surface area (Å²) in [6.07, 6.45) is 17.1. The molecule has 0 bridgehead atoms. The van der Waals surface area contributed by atoms with Gasteiger partial charge in [-0.2, -0.15) is 0 Å². The Morgan fingerprint density at radius 2 is 1.95 bits per heavy atom. The number of hydrazine groups is 1. The summed E-state index contributed by atoms with van der Waals surface area (Å²) in [5.41, 5.74) is 6.50. The molecule has 0 aromatic carbocycles. The van der Waals surface area contributed by atoms with Gasteiger partial charge in [0.25, 0.3) is 0 Å². The second-order valence-electron chi connectivity index (χ2n) is 7.04. The predicted octanol–water partition coefficient (Wildman–Crippen LogP) is 2.44. The Morgan fingerprint density at radius 3 is 2.77 bits per heavy atom. The second-order valence-corrected chi connectivity index (χ2v) is 7.04. The van der Waals surface area contributed by atoms with E-state index in [2.05, 4.69) is 47.4 Å². The van der Waals surface area contributed by atoms with Crippen LogP contribution >= 0.6 is 0 Å². The number of carbonyl (C=O) groups excluding carboxylic acids is 1. The van der Waals surface area contributed by atoms with E-state index >= 15 is 0 Å². The van der Waals surface area contributed by atoms with Crippen LogP contribution < -0.4 is 16.2 Å². The molecule has 2 aliphatic carbocycles. The van der Waals surface area contributed by atoms with Crippen molar-refractivity contribution in [2.45, 2.75) is 70.0 Å². The van der Waals surface area contributed by atoms with E-state index in [1.807, 2.05) is 0 Å². The quantitative estimate of drug-likeness (QED) is 0.750. The van der Waals surface area contributed by atoms with Gasteiger partial charge in [0.05, 0.1) is 0 Å². The van der Waals surface area contributed by atoms with Crippen LogP contribution in [0.25, 0.3) is 0 Å². The third-order valence-corrected chi connectivity index (χ3v) is 5.54. The van der Waals surface area contributed by atoms with Crippen LogP contribution in [0.5, 0.6) is 0 Å². The number of amides is 1. The molecule has 3 N–H and O–H groups in total. The molecule has 3 unspecified atom stereocenters. The summed E-state index contributed by atoms with van der Waals surface area (Å²) in [6.45, 7) is 2.18. The average Bonchev–Trinajstić information content (AvgIpc) is 2.90. The maximum atomic E-state index is 12.7. The van der Waals surface area contributed by atoms with Gasteiger partial charge in [-0.05, 0) is 38.5 Å². The van der Waals surface area contributed by atoms with Gasteiger partial charge in [0.1, 0.15) is 6.04 Å². The van der Waals surface area contributed by atoms with E-state index in [4.69, 9.17) is 0 Å². The highest BCUT2D eigenvalue weighted by Crippen LogP contribution is 2.27. The lowest BCUT2D eigenvalue weighted by Crippen LogP contribution is -2.50. The maximum Gasteiger partial charge on any atom is 0.239 e. The predicted molar refractivity (Wildman–Crippen MR) is 89.0 cm³/mol. The molecule has 22 heavy (non-hydrogen) atoms. The summed E-state index contributed by atoms with van der Waals surface area (Å²) >= 11 is 0. The zero-order chi connectivity index (χ0) is 15.4. The molecule has 0 spiro atoms. The van der Waals surface area contributed by atoms with E-state index in [1.54, 1.807) is 0 Å². The minimum absolute atomic E-state index is 0.118. The largest absolute Gasteiger partial charge is 0.352 e. The van der Waals surface area contributed by atoms with Crippen molar-refractivity contribution in [2.24, 2.45) is 11.8 Å². The number of allylic oxidation sites excluding steroid dienone is 3. The Bertz CT molecular complexity index is 440. The first kappa shape index (κ1) is 15.8. The van der Waals surface area contributed by atoms with Crippen LogP contribution in [0, 0.1) is 11.8 Å². The van der Waals surface area contributed by atoms with Crippen molar-refractivity contribution in [3.05, 3.63) is 24.3 Å². The van der Waals surface area contributed by atoms with Gasteiger partial charge in [0.2, 0.25) is 5.91 Å². The lowest BCUT2D eigenvalue weighted by atomic mass is 9.84. The van der Waals surface area contributed by atoms with Crippen molar-refractivity contribution in [1.29, 1.82) is 0 Å². The number of nitrogens with one attached hydrogen (secondary N) is 3. The normalized spacial score (nSPS) is 36.7. The van der Waals surface area contributed by atoms with Crippen LogP contribution in [-0.4, -0.2) is 24.0 Å². The molecule has 1 saturated carbocycles. The first-order chi connectivity index (χ1) is 10.8. The molecule has 2 fully saturated rings. The highest BCUT2D eigenvalue weighted by atomic mass is 16.2. The molecular formula is C18H29N3O. The molecule has 3 aliphatic rings. The van der Waals surface area contributed by atoms with Gasteiger partial charge in [-0.25, -0.2) is 10.9 Å². The average molecular weight is 303 g/mol. The highest BCUT2D eigenvalue weighted by Gasteiger charge is 2.39. The Balaban J connectivity index is 1.57. The molecule has 1 aliphatic heterocycles. The van der Waals surface area contributed by atoms with Crippen LogP contribution in [0.2, 0.25) is 0 Å². The second kappa shape index (κ2) is 7.42. The summed E-state index contributed by atoms with van der Waals surface area (Å²) in [6, 6.07) is 0.426. The molecule has 0 radical (unpaired) electrons. The number of hydrogen-bond donors (Lipinski definition) is 3.